The Kier molecular flexibility index (Phi) is 6.26. The summed E-state index contributed by atoms with van der Waals surface area (Å²) in [7, 11) is 2.20. The van der Waals surface area contributed by atoms with E-state index in [-0.39, 0.29) is 11.9 Å². The van der Waals surface area contributed by atoms with E-state index < -0.39 is 0 Å². The Labute approximate surface area is 234 Å². The molecule has 3 aromatic heterocycles. The molecule has 2 fully saturated rings. The SMILES string of the molecule is CC(C)n1cnnc1-c1cccc(N2CCc3cc(C4CCN(C)CC4)c(-n4cnc(C5CC5)c4)cc3C2=O)n1. The van der Waals surface area contributed by atoms with Gasteiger partial charge in [-0.05, 0) is 101 Å². The third kappa shape index (κ3) is 4.52. The van der Waals surface area contributed by atoms with Crippen LogP contribution in [0.3, 0.4) is 0 Å². The molecule has 3 aliphatic rings. The van der Waals surface area contributed by atoms with Crippen molar-refractivity contribution in [3.05, 3.63) is 71.6 Å². The van der Waals surface area contributed by atoms with Crippen molar-refractivity contribution in [2.75, 3.05) is 31.6 Å². The molecule has 1 aromatic carbocycles. The van der Waals surface area contributed by atoms with E-state index in [0.29, 0.717) is 35.7 Å². The van der Waals surface area contributed by atoms with Crippen molar-refractivity contribution in [2.24, 2.45) is 0 Å². The van der Waals surface area contributed by atoms with E-state index in [9.17, 15) is 4.79 Å². The number of benzene rings is 1. The van der Waals surface area contributed by atoms with E-state index in [2.05, 4.69) is 58.9 Å². The van der Waals surface area contributed by atoms with Gasteiger partial charge in [-0.2, -0.15) is 0 Å². The number of nitrogens with zero attached hydrogens (tertiary/aromatic N) is 8. The Morgan fingerprint density at radius 3 is 2.58 bits per heavy atom. The molecule has 0 radical (unpaired) electrons. The molecule has 206 valence electrons. The first-order chi connectivity index (χ1) is 19.5. The zero-order valence-corrected chi connectivity index (χ0v) is 23.5. The van der Waals surface area contributed by atoms with Crippen LogP contribution >= 0.6 is 0 Å². The summed E-state index contributed by atoms with van der Waals surface area (Å²) in [6, 6.07) is 10.4. The molecule has 1 saturated carbocycles. The molecule has 9 nitrogen and oxygen atoms in total. The predicted octanol–water partition coefficient (Wildman–Crippen LogP) is 5.00. The second kappa shape index (κ2) is 9.96. The summed E-state index contributed by atoms with van der Waals surface area (Å²) in [5.74, 6) is 2.41. The van der Waals surface area contributed by atoms with Gasteiger partial charge in [0, 0.05) is 30.3 Å². The fourth-order valence-electron chi connectivity index (χ4n) is 6.19. The highest BCUT2D eigenvalue weighted by Crippen LogP contribution is 2.40. The summed E-state index contributed by atoms with van der Waals surface area (Å²) in [5.41, 5.74) is 6.21. The number of carbonyl (C=O) groups is 1. The molecular formula is C31H36N8O. The van der Waals surface area contributed by atoms with Crippen LogP contribution < -0.4 is 4.90 Å². The molecule has 1 aliphatic carbocycles. The number of aromatic nitrogens is 6. The molecule has 0 spiro atoms. The molecule has 4 aromatic rings. The minimum atomic E-state index is -0.00469. The standard InChI is InChI=1S/C31H36N8O/c1-20(2)39-19-33-35-30(39)26-5-4-6-29(34-26)38-14-11-23-15-24(21-9-12-36(3)13-10-21)28(16-25(23)31(38)40)37-17-27(32-18-37)22-7-8-22/h4-6,15-22H,7-14H2,1-3H3. The van der Waals surface area contributed by atoms with Crippen LogP contribution in [0.1, 0.15) is 84.6 Å². The smallest absolute Gasteiger partial charge is 0.259 e. The van der Waals surface area contributed by atoms with E-state index in [1.54, 1.807) is 6.33 Å². The molecular weight excluding hydrogens is 500 g/mol. The summed E-state index contributed by atoms with van der Waals surface area (Å²) in [6.45, 7) is 6.97. The van der Waals surface area contributed by atoms with E-state index in [1.165, 1.54) is 18.4 Å². The topological polar surface area (TPSA) is 85.0 Å². The lowest BCUT2D eigenvalue weighted by Crippen LogP contribution is -2.38. The van der Waals surface area contributed by atoms with Crippen LogP contribution in [-0.2, 0) is 6.42 Å². The van der Waals surface area contributed by atoms with E-state index in [1.807, 2.05) is 34.0 Å². The van der Waals surface area contributed by atoms with Gasteiger partial charge in [0.05, 0.1) is 17.7 Å². The number of hydrogen-bond donors (Lipinski definition) is 0. The van der Waals surface area contributed by atoms with Crippen LogP contribution in [-0.4, -0.2) is 66.8 Å². The van der Waals surface area contributed by atoms with Gasteiger partial charge >= 0.3 is 0 Å². The number of rotatable bonds is 6. The second-order valence-electron chi connectivity index (χ2n) is 11.9. The number of likely N-dealkylation sites (tertiary alicyclic amines) is 1. The van der Waals surface area contributed by atoms with Crippen LogP contribution in [0, 0.1) is 0 Å². The van der Waals surface area contributed by atoms with Crippen LogP contribution in [0.15, 0.2) is 49.2 Å². The highest BCUT2D eigenvalue weighted by molar-refractivity contribution is 6.08. The fourth-order valence-corrected chi connectivity index (χ4v) is 6.19. The van der Waals surface area contributed by atoms with Crippen LogP contribution in [0.2, 0.25) is 0 Å². The third-order valence-corrected chi connectivity index (χ3v) is 8.74. The molecule has 9 heteroatoms. The molecule has 2 aliphatic heterocycles. The van der Waals surface area contributed by atoms with Gasteiger partial charge in [-0.1, -0.05) is 12.1 Å². The highest BCUT2D eigenvalue weighted by atomic mass is 16.2. The number of pyridine rings is 1. The molecule has 7 rings (SSSR count). The fraction of sp³-hybridized carbons (Fsp3) is 0.452. The van der Waals surface area contributed by atoms with E-state index in [0.717, 1.165) is 54.9 Å². The predicted molar refractivity (Wildman–Crippen MR) is 154 cm³/mol. The first kappa shape index (κ1) is 25.1. The Balaban J connectivity index is 1.26. The molecule has 0 atom stereocenters. The third-order valence-electron chi connectivity index (χ3n) is 8.74. The monoisotopic (exact) mass is 536 g/mol. The molecule has 1 saturated heterocycles. The van der Waals surface area contributed by atoms with Crippen molar-refractivity contribution in [2.45, 2.75) is 63.8 Å². The first-order valence-corrected chi connectivity index (χ1v) is 14.5. The van der Waals surface area contributed by atoms with Gasteiger partial charge in [-0.25, -0.2) is 9.97 Å². The van der Waals surface area contributed by atoms with Gasteiger partial charge in [0.1, 0.15) is 17.8 Å². The Bertz CT molecular complexity index is 1560. The van der Waals surface area contributed by atoms with E-state index in [4.69, 9.17) is 9.97 Å². The van der Waals surface area contributed by atoms with Gasteiger partial charge in [-0.3, -0.25) is 9.69 Å². The normalized spacial score (nSPS) is 18.5. The maximum absolute atomic E-state index is 14.0. The van der Waals surface area contributed by atoms with Crippen LogP contribution in [0.25, 0.3) is 17.2 Å². The van der Waals surface area contributed by atoms with Gasteiger partial charge in [0.25, 0.3) is 5.91 Å². The van der Waals surface area contributed by atoms with Gasteiger partial charge in [0.15, 0.2) is 5.82 Å². The maximum atomic E-state index is 14.0. The maximum Gasteiger partial charge on any atom is 0.259 e. The van der Waals surface area contributed by atoms with Crippen molar-refractivity contribution in [3.8, 4) is 17.2 Å². The lowest BCUT2D eigenvalue weighted by Gasteiger charge is -2.33. The Morgan fingerprint density at radius 1 is 0.975 bits per heavy atom. The van der Waals surface area contributed by atoms with Gasteiger partial charge in [0.2, 0.25) is 0 Å². The van der Waals surface area contributed by atoms with Crippen molar-refractivity contribution in [3.63, 3.8) is 0 Å². The summed E-state index contributed by atoms with van der Waals surface area (Å²) in [6.07, 6.45) is 11.3. The highest BCUT2D eigenvalue weighted by Gasteiger charge is 2.31. The molecule has 0 bridgehead atoms. The van der Waals surface area contributed by atoms with Crippen LogP contribution in [0.5, 0.6) is 0 Å². The number of hydrogen-bond acceptors (Lipinski definition) is 6. The van der Waals surface area contributed by atoms with E-state index >= 15 is 0 Å². The Hall–Kier alpha value is -3.85. The second-order valence-corrected chi connectivity index (χ2v) is 11.9. The lowest BCUT2D eigenvalue weighted by molar-refractivity contribution is 0.0980. The minimum absolute atomic E-state index is 0.00469. The average molecular weight is 537 g/mol. The van der Waals surface area contributed by atoms with Crippen molar-refractivity contribution >= 4 is 11.7 Å². The summed E-state index contributed by atoms with van der Waals surface area (Å²) in [5, 5.41) is 8.40. The number of anilines is 1. The zero-order chi connectivity index (χ0) is 27.4. The molecule has 0 N–H and O–H groups in total. The van der Waals surface area contributed by atoms with Crippen LogP contribution in [0.4, 0.5) is 5.82 Å². The molecule has 5 heterocycles. The summed E-state index contributed by atoms with van der Waals surface area (Å²) < 4.78 is 4.16. The van der Waals surface area contributed by atoms with Gasteiger partial charge < -0.3 is 14.0 Å². The largest absolute Gasteiger partial charge is 0.310 e. The molecule has 0 unspecified atom stereocenters. The summed E-state index contributed by atoms with van der Waals surface area (Å²) >= 11 is 0. The number of carbonyl (C=O) groups excluding carboxylic acids is 1. The first-order valence-electron chi connectivity index (χ1n) is 14.5. The zero-order valence-electron chi connectivity index (χ0n) is 23.5. The summed E-state index contributed by atoms with van der Waals surface area (Å²) in [4.78, 5) is 27.9. The minimum Gasteiger partial charge on any atom is -0.310 e. The molecule has 1 amide bonds. The van der Waals surface area contributed by atoms with Crippen molar-refractivity contribution < 1.29 is 4.79 Å². The quantitative estimate of drug-likeness (QED) is 0.345. The van der Waals surface area contributed by atoms with Crippen molar-refractivity contribution in [1.29, 1.82) is 0 Å². The molecule has 40 heavy (non-hydrogen) atoms. The lowest BCUT2D eigenvalue weighted by atomic mass is 9.84. The average Bonchev–Trinajstić information content (AvgIpc) is 3.48. The van der Waals surface area contributed by atoms with Gasteiger partial charge in [-0.15, -0.1) is 10.2 Å². The number of imidazole rings is 1. The number of fused-ring (bicyclic) bond motifs is 1. The van der Waals surface area contributed by atoms with Crippen molar-refractivity contribution in [1.82, 2.24) is 34.2 Å². The number of piperidine rings is 1. The Morgan fingerprint density at radius 2 is 1.80 bits per heavy atom. The number of amides is 1.